The predicted molar refractivity (Wildman–Crippen MR) is 110 cm³/mol. The SMILES string of the molecule is CC1(C)Cc2cccc(OCC(=O)NC[C@@H](O)c3csc4ccccc34)c2O1. The molecule has 1 amide bonds. The summed E-state index contributed by atoms with van der Waals surface area (Å²) in [7, 11) is 0. The number of ether oxygens (including phenoxy) is 2. The van der Waals surface area contributed by atoms with Gasteiger partial charge in [0.25, 0.3) is 5.91 Å². The van der Waals surface area contributed by atoms with Crippen LogP contribution in [0.25, 0.3) is 10.1 Å². The Morgan fingerprint density at radius 1 is 1.29 bits per heavy atom. The van der Waals surface area contributed by atoms with Gasteiger partial charge in [-0.15, -0.1) is 11.3 Å². The zero-order valence-corrected chi connectivity index (χ0v) is 16.7. The van der Waals surface area contributed by atoms with Crippen LogP contribution in [0.15, 0.2) is 47.8 Å². The molecule has 1 aromatic heterocycles. The number of carbonyl (C=O) groups excluding carboxylic acids is 1. The molecule has 0 aliphatic carbocycles. The lowest BCUT2D eigenvalue weighted by Crippen LogP contribution is -2.32. The van der Waals surface area contributed by atoms with E-state index in [1.54, 1.807) is 17.4 Å². The van der Waals surface area contributed by atoms with Crippen molar-refractivity contribution < 1.29 is 19.4 Å². The van der Waals surface area contributed by atoms with Crippen molar-refractivity contribution in [3.63, 3.8) is 0 Å². The van der Waals surface area contributed by atoms with Crippen LogP contribution in [0.1, 0.15) is 31.1 Å². The predicted octanol–water partition coefficient (Wildman–Crippen LogP) is 3.84. The maximum absolute atomic E-state index is 12.2. The van der Waals surface area contributed by atoms with Crippen LogP contribution in [0.5, 0.6) is 11.5 Å². The number of hydrogen-bond acceptors (Lipinski definition) is 5. The molecule has 2 aromatic carbocycles. The highest BCUT2D eigenvalue weighted by Crippen LogP contribution is 2.41. The van der Waals surface area contributed by atoms with Gasteiger partial charge in [-0.25, -0.2) is 0 Å². The Bertz CT molecular complexity index is 1010. The first-order chi connectivity index (χ1) is 13.4. The minimum Gasteiger partial charge on any atom is -0.483 e. The Labute approximate surface area is 167 Å². The third-order valence-electron chi connectivity index (χ3n) is 4.78. The van der Waals surface area contributed by atoms with E-state index in [9.17, 15) is 9.90 Å². The largest absolute Gasteiger partial charge is 0.483 e. The van der Waals surface area contributed by atoms with E-state index >= 15 is 0 Å². The van der Waals surface area contributed by atoms with Gasteiger partial charge in [0, 0.05) is 28.8 Å². The molecule has 0 saturated carbocycles. The van der Waals surface area contributed by atoms with Crippen molar-refractivity contribution >= 4 is 27.3 Å². The normalized spacial score (nSPS) is 15.7. The number of carbonyl (C=O) groups is 1. The average Bonchev–Trinajstić information content (AvgIpc) is 3.23. The number of thiophene rings is 1. The van der Waals surface area contributed by atoms with Crippen LogP contribution in [-0.2, 0) is 11.2 Å². The number of nitrogens with one attached hydrogen (secondary N) is 1. The fourth-order valence-corrected chi connectivity index (χ4v) is 4.48. The molecule has 5 nitrogen and oxygen atoms in total. The molecule has 0 unspecified atom stereocenters. The topological polar surface area (TPSA) is 67.8 Å². The zero-order chi connectivity index (χ0) is 19.7. The molecule has 0 radical (unpaired) electrons. The number of fused-ring (bicyclic) bond motifs is 2. The lowest BCUT2D eigenvalue weighted by molar-refractivity contribution is -0.123. The van der Waals surface area contributed by atoms with Crippen molar-refractivity contribution in [2.75, 3.05) is 13.2 Å². The molecule has 6 heteroatoms. The molecule has 0 fully saturated rings. The van der Waals surface area contributed by atoms with Gasteiger partial charge in [0.1, 0.15) is 5.60 Å². The quantitative estimate of drug-likeness (QED) is 0.663. The molecule has 3 aromatic rings. The number of amides is 1. The molecule has 28 heavy (non-hydrogen) atoms. The van der Waals surface area contributed by atoms with E-state index in [0.29, 0.717) is 11.5 Å². The zero-order valence-electron chi connectivity index (χ0n) is 15.9. The Morgan fingerprint density at radius 3 is 2.96 bits per heavy atom. The monoisotopic (exact) mass is 397 g/mol. The second-order valence-electron chi connectivity index (χ2n) is 7.58. The van der Waals surface area contributed by atoms with Crippen LogP contribution >= 0.6 is 11.3 Å². The van der Waals surface area contributed by atoms with E-state index in [1.807, 2.05) is 55.6 Å². The molecule has 0 bridgehead atoms. The van der Waals surface area contributed by atoms with Gasteiger partial charge in [-0.3, -0.25) is 4.79 Å². The first-order valence-electron chi connectivity index (χ1n) is 9.27. The highest BCUT2D eigenvalue weighted by molar-refractivity contribution is 7.17. The average molecular weight is 397 g/mol. The lowest BCUT2D eigenvalue weighted by Gasteiger charge is -2.18. The molecule has 1 aliphatic rings. The molecule has 1 atom stereocenters. The minimum atomic E-state index is -0.759. The molecular formula is C22H23NO4S. The first-order valence-corrected chi connectivity index (χ1v) is 10.2. The maximum atomic E-state index is 12.2. The molecule has 2 heterocycles. The van der Waals surface area contributed by atoms with Gasteiger partial charge in [0.05, 0.1) is 6.10 Å². The van der Waals surface area contributed by atoms with Gasteiger partial charge in [-0.1, -0.05) is 30.3 Å². The fourth-order valence-electron chi connectivity index (χ4n) is 3.47. The number of aliphatic hydroxyl groups excluding tert-OH is 1. The van der Waals surface area contributed by atoms with Gasteiger partial charge < -0.3 is 19.9 Å². The van der Waals surface area contributed by atoms with E-state index in [4.69, 9.17) is 9.47 Å². The van der Waals surface area contributed by atoms with Crippen molar-refractivity contribution in [3.05, 3.63) is 59.0 Å². The molecule has 4 rings (SSSR count). The molecule has 0 saturated heterocycles. The van der Waals surface area contributed by atoms with E-state index in [-0.39, 0.29) is 24.7 Å². The second-order valence-corrected chi connectivity index (χ2v) is 8.49. The van der Waals surface area contributed by atoms with Crippen LogP contribution < -0.4 is 14.8 Å². The highest BCUT2D eigenvalue weighted by atomic mass is 32.1. The Kier molecular flexibility index (Phi) is 5.00. The summed E-state index contributed by atoms with van der Waals surface area (Å²) in [4.78, 5) is 12.2. The summed E-state index contributed by atoms with van der Waals surface area (Å²) in [5, 5.41) is 16.2. The van der Waals surface area contributed by atoms with Crippen LogP contribution in [0.2, 0.25) is 0 Å². The summed E-state index contributed by atoms with van der Waals surface area (Å²) in [6.07, 6.45) is 0.0530. The fraction of sp³-hybridized carbons (Fsp3) is 0.318. The van der Waals surface area contributed by atoms with Crippen molar-refractivity contribution in [1.29, 1.82) is 0 Å². The molecular weight excluding hydrogens is 374 g/mol. The number of aliphatic hydroxyl groups is 1. The Hall–Kier alpha value is -2.57. The van der Waals surface area contributed by atoms with Crippen molar-refractivity contribution in [2.45, 2.75) is 32.0 Å². The van der Waals surface area contributed by atoms with Gasteiger partial charge >= 0.3 is 0 Å². The molecule has 1 aliphatic heterocycles. The lowest BCUT2D eigenvalue weighted by atomic mass is 10.0. The van der Waals surface area contributed by atoms with Crippen molar-refractivity contribution in [2.24, 2.45) is 0 Å². The van der Waals surface area contributed by atoms with E-state index in [0.717, 1.165) is 27.6 Å². The number of para-hydroxylation sites is 1. The van der Waals surface area contributed by atoms with Gasteiger partial charge in [-0.05, 0) is 36.7 Å². The molecule has 0 spiro atoms. The summed E-state index contributed by atoms with van der Waals surface area (Å²) in [5.74, 6) is 1.00. The summed E-state index contributed by atoms with van der Waals surface area (Å²) >= 11 is 1.58. The van der Waals surface area contributed by atoms with Crippen LogP contribution in [0.3, 0.4) is 0 Å². The van der Waals surface area contributed by atoms with Crippen LogP contribution in [0, 0.1) is 0 Å². The molecule has 146 valence electrons. The van der Waals surface area contributed by atoms with Crippen molar-refractivity contribution in [1.82, 2.24) is 5.32 Å². The highest BCUT2D eigenvalue weighted by Gasteiger charge is 2.32. The second kappa shape index (κ2) is 7.45. The molecule has 2 N–H and O–H groups in total. The maximum Gasteiger partial charge on any atom is 0.258 e. The van der Waals surface area contributed by atoms with E-state index < -0.39 is 6.10 Å². The minimum absolute atomic E-state index is 0.128. The summed E-state index contributed by atoms with van der Waals surface area (Å²) < 4.78 is 12.7. The number of rotatable bonds is 6. The summed E-state index contributed by atoms with van der Waals surface area (Å²) in [6, 6.07) is 13.6. The number of benzene rings is 2. The third-order valence-corrected chi connectivity index (χ3v) is 5.76. The summed E-state index contributed by atoms with van der Waals surface area (Å²) in [5.41, 5.74) is 1.65. The smallest absolute Gasteiger partial charge is 0.258 e. The third kappa shape index (κ3) is 3.84. The van der Waals surface area contributed by atoms with E-state index in [1.165, 1.54) is 0 Å². The Morgan fingerprint density at radius 2 is 2.11 bits per heavy atom. The van der Waals surface area contributed by atoms with Gasteiger partial charge in [0.2, 0.25) is 0 Å². The van der Waals surface area contributed by atoms with Crippen LogP contribution in [0.4, 0.5) is 0 Å². The van der Waals surface area contributed by atoms with Crippen LogP contribution in [-0.4, -0.2) is 29.8 Å². The Balaban J connectivity index is 1.33. The number of hydrogen-bond donors (Lipinski definition) is 2. The van der Waals surface area contributed by atoms with Gasteiger partial charge in [-0.2, -0.15) is 0 Å². The first kappa shape index (κ1) is 18.8. The van der Waals surface area contributed by atoms with Crippen molar-refractivity contribution in [3.8, 4) is 11.5 Å². The van der Waals surface area contributed by atoms with E-state index in [2.05, 4.69) is 5.32 Å². The summed E-state index contributed by atoms with van der Waals surface area (Å²) in [6.45, 7) is 4.06. The standard InChI is InChI=1S/C22H23NO4S/c1-22(2)10-14-6-5-8-18(21(14)27-22)26-12-20(25)23-11-17(24)16-13-28-19-9-4-3-7-15(16)19/h3-9,13,17,24H,10-12H2,1-2H3,(H,23,25)/t17-/m1/s1. The van der Waals surface area contributed by atoms with Gasteiger partial charge in [0.15, 0.2) is 18.1 Å².